The zero-order chi connectivity index (χ0) is 14.7. The molecule has 3 aromatic rings. The van der Waals surface area contributed by atoms with Crippen LogP contribution in [0.4, 0.5) is 17.6 Å². The molecule has 0 unspecified atom stereocenters. The van der Waals surface area contributed by atoms with Gasteiger partial charge in [0, 0.05) is 5.69 Å². The molecule has 0 saturated carbocycles. The Balaban J connectivity index is 1.64. The first-order valence-corrected chi connectivity index (χ1v) is 6.73. The first kappa shape index (κ1) is 13.2. The fourth-order valence-electron chi connectivity index (χ4n) is 2.16. The molecule has 0 aliphatic heterocycles. The van der Waals surface area contributed by atoms with Crippen LogP contribution in [-0.2, 0) is 6.54 Å². The van der Waals surface area contributed by atoms with Gasteiger partial charge in [-0.25, -0.2) is 5.10 Å². The second kappa shape index (κ2) is 5.70. The van der Waals surface area contributed by atoms with Crippen LogP contribution in [0.1, 0.15) is 16.9 Å². The Morgan fingerprint density at radius 2 is 2.00 bits per heavy atom. The Hall–Kier alpha value is -2.76. The van der Waals surface area contributed by atoms with Gasteiger partial charge in [-0.3, -0.25) is 0 Å². The van der Waals surface area contributed by atoms with Gasteiger partial charge in [0.1, 0.15) is 5.76 Å². The number of aromatic amines is 1. The summed E-state index contributed by atoms with van der Waals surface area (Å²) in [5, 5.41) is 13.3. The summed E-state index contributed by atoms with van der Waals surface area (Å²) in [5.74, 6) is 1.96. The molecule has 0 saturated heterocycles. The molecular formula is C15H17N5O. The fraction of sp³-hybridized carbons (Fsp3) is 0.200. The van der Waals surface area contributed by atoms with Gasteiger partial charge in [-0.15, -0.1) is 5.10 Å². The molecule has 108 valence electrons. The van der Waals surface area contributed by atoms with Gasteiger partial charge in [0.15, 0.2) is 0 Å². The smallest absolute Gasteiger partial charge is 0.244 e. The first-order chi connectivity index (χ1) is 10.2. The van der Waals surface area contributed by atoms with Crippen LogP contribution in [0.5, 0.6) is 0 Å². The molecule has 0 atom stereocenters. The quantitative estimate of drug-likeness (QED) is 0.669. The molecule has 0 bridgehead atoms. The van der Waals surface area contributed by atoms with E-state index in [4.69, 9.17) is 4.42 Å². The molecule has 2 heterocycles. The third-order valence-electron chi connectivity index (χ3n) is 2.97. The molecule has 0 amide bonds. The van der Waals surface area contributed by atoms with E-state index in [1.54, 1.807) is 6.26 Å². The van der Waals surface area contributed by atoms with Gasteiger partial charge in [-0.1, -0.05) is 6.07 Å². The van der Waals surface area contributed by atoms with E-state index >= 15 is 0 Å². The van der Waals surface area contributed by atoms with Crippen molar-refractivity contribution >= 4 is 17.6 Å². The van der Waals surface area contributed by atoms with Crippen molar-refractivity contribution in [2.24, 2.45) is 0 Å². The van der Waals surface area contributed by atoms with Crippen LogP contribution in [0, 0.1) is 13.8 Å². The summed E-state index contributed by atoms with van der Waals surface area (Å²) in [6.07, 6.45) is 1.64. The predicted molar refractivity (Wildman–Crippen MR) is 81.6 cm³/mol. The van der Waals surface area contributed by atoms with Gasteiger partial charge in [-0.05, 0) is 49.2 Å². The lowest BCUT2D eigenvalue weighted by atomic mass is 10.1. The summed E-state index contributed by atoms with van der Waals surface area (Å²) < 4.78 is 5.24. The number of benzene rings is 1. The van der Waals surface area contributed by atoms with E-state index in [1.807, 2.05) is 12.1 Å². The number of hydrogen-bond donors (Lipinski definition) is 3. The molecule has 0 aliphatic rings. The maximum Gasteiger partial charge on any atom is 0.244 e. The van der Waals surface area contributed by atoms with E-state index in [1.165, 1.54) is 11.1 Å². The highest BCUT2D eigenvalue weighted by molar-refractivity contribution is 5.56. The normalized spacial score (nSPS) is 10.6. The average Bonchev–Trinajstić information content (AvgIpc) is 3.06. The van der Waals surface area contributed by atoms with Gasteiger partial charge in [0.25, 0.3) is 0 Å². The zero-order valence-corrected chi connectivity index (χ0v) is 12.0. The number of aryl methyl sites for hydroxylation is 2. The zero-order valence-electron chi connectivity index (χ0n) is 12.0. The summed E-state index contributed by atoms with van der Waals surface area (Å²) in [4.78, 5) is 4.33. The van der Waals surface area contributed by atoms with Gasteiger partial charge in [-0.2, -0.15) is 4.98 Å². The SMILES string of the molecule is Cc1cc(C)cc(Nc2nc(NCc3ccco3)n[nH]2)c1. The topological polar surface area (TPSA) is 78.8 Å². The molecule has 0 spiro atoms. The van der Waals surface area contributed by atoms with Crippen LogP contribution in [0.2, 0.25) is 0 Å². The first-order valence-electron chi connectivity index (χ1n) is 6.73. The van der Waals surface area contributed by atoms with Crippen molar-refractivity contribution in [2.75, 3.05) is 10.6 Å². The molecule has 3 N–H and O–H groups in total. The van der Waals surface area contributed by atoms with E-state index in [0.29, 0.717) is 18.4 Å². The summed E-state index contributed by atoms with van der Waals surface area (Å²) in [6.45, 7) is 4.68. The van der Waals surface area contributed by atoms with E-state index in [0.717, 1.165) is 11.4 Å². The Kier molecular flexibility index (Phi) is 3.59. The van der Waals surface area contributed by atoms with Crippen LogP contribution < -0.4 is 10.6 Å². The molecule has 2 aromatic heterocycles. The van der Waals surface area contributed by atoms with Crippen molar-refractivity contribution in [2.45, 2.75) is 20.4 Å². The number of nitrogens with one attached hydrogen (secondary N) is 3. The second-order valence-corrected chi connectivity index (χ2v) is 4.94. The Morgan fingerprint density at radius 1 is 1.19 bits per heavy atom. The van der Waals surface area contributed by atoms with E-state index in [-0.39, 0.29) is 0 Å². The number of anilines is 3. The minimum Gasteiger partial charge on any atom is -0.467 e. The van der Waals surface area contributed by atoms with Crippen molar-refractivity contribution in [3.63, 3.8) is 0 Å². The van der Waals surface area contributed by atoms with Crippen LogP contribution in [-0.4, -0.2) is 15.2 Å². The average molecular weight is 283 g/mol. The van der Waals surface area contributed by atoms with Crippen LogP contribution in [0.3, 0.4) is 0 Å². The van der Waals surface area contributed by atoms with Crippen molar-refractivity contribution < 1.29 is 4.42 Å². The van der Waals surface area contributed by atoms with Gasteiger partial charge >= 0.3 is 0 Å². The standard InChI is InChI=1S/C15H17N5O/c1-10-6-11(2)8-12(7-10)17-15-18-14(19-20-15)16-9-13-4-3-5-21-13/h3-8H,9H2,1-2H3,(H3,16,17,18,19,20). The lowest BCUT2D eigenvalue weighted by Gasteiger charge is -2.05. The fourth-order valence-corrected chi connectivity index (χ4v) is 2.16. The molecule has 3 rings (SSSR count). The van der Waals surface area contributed by atoms with Crippen LogP contribution >= 0.6 is 0 Å². The molecule has 1 aromatic carbocycles. The Morgan fingerprint density at radius 3 is 2.71 bits per heavy atom. The predicted octanol–water partition coefficient (Wildman–Crippen LogP) is 3.37. The van der Waals surface area contributed by atoms with Crippen molar-refractivity contribution in [1.82, 2.24) is 15.2 Å². The highest BCUT2D eigenvalue weighted by Crippen LogP contribution is 2.17. The third-order valence-corrected chi connectivity index (χ3v) is 2.97. The van der Waals surface area contributed by atoms with E-state index < -0.39 is 0 Å². The lowest BCUT2D eigenvalue weighted by molar-refractivity contribution is 0.517. The lowest BCUT2D eigenvalue weighted by Crippen LogP contribution is -1.99. The molecule has 0 aliphatic carbocycles. The van der Waals surface area contributed by atoms with Crippen LogP contribution in [0.15, 0.2) is 41.0 Å². The minimum atomic E-state index is 0.526. The van der Waals surface area contributed by atoms with Crippen molar-refractivity contribution in [3.8, 4) is 0 Å². The number of hydrogen-bond acceptors (Lipinski definition) is 5. The summed E-state index contributed by atoms with van der Waals surface area (Å²) in [7, 11) is 0. The maximum atomic E-state index is 5.24. The van der Waals surface area contributed by atoms with Gasteiger partial charge in [0.05, 0.1) is 12.8 Å². The second-order valence-electron chi connectivity index (χ2n) is 4.94. The van der Waals surface area contributed by atoms with E-state index in [9.17, 15) is 0 Å². The molecule has 21 heavy (non-hydrogen) atoms. The summed E-state index contributed by atoms with van der Waals surface area (Å²) in [6, 6.07) is 10.00. The molecule has 6 heteroatoms. The van der Waals surface area contributed by atoms with Gasteiger partial charge in [0.2, 0.25) is 11.9 Å². The van der Waals surface area contributed by atoms with E-state index in [2.05, 4.69) is 57.9 Å². The highest BCUT2D eigenvalue weighted by atomic mass is 16.3. The van der Waals surface area contributed by atoms with Gasteiger partial charge < -0.3 is 15.1 Å². The minimum absolute atomic E-state index is 0.526. The highest BCUT2D eigenvalue weighted by Gasteiger charge is 2.04. The van der Waals surface area contributed by atoms with Crippen molar-refractivity contribution in [3.05, 3.63) is 53.5 Å². The summed E-state index contributed by atoms with van der Waals surface area (Å²) >= 11 is 0. The Bertz CT molecular complexity index is 697. The molecule has 6 nitrogen and oxygen atoms in total. The monoisotopic (exact) mass is 283 g/mol. The number of aromatic nitrogens is 3. The number of rotatable bonds is 5. The Labute approximate surface area is 122 Å². The molecule has 0 radical (unpaired) electrons. The van der Waals surface area contributed by atoms with Crippen LogP contribution in [0.25, 0.3) is 0 Å². The largest absolute Gasteiger partial charge is 0.467 e. The molecule has 0 fully saturated rings. The number of H-pyrrole nitrogens is 1. The molecular weight excluding hydrogens is 266 g/mol. The van der Waals surface area contributed by atoms with Crippen molar-refractivity contribution in [1.29, 1.82) is 0 Å². The number of nitrogens with zero attached hydrogens (tertiary/aromatic N) is 2. The summed E-state index contributed by atoms with van der Waals surface area (Å²) in [5.41, 5.74) is 3.39. The third kappa shape index (κ3) is 3.42. The number of furan rings is 1. The maximum absolute atomic E-state index is 5.24.